The molecule has 1 aromatic heterocycles. The summed E-state index contributed by atoms with van der Waals surface area (Å²) in [4.78, 5) is 4.70. The third-order valence-electron chi connectivity index (χ3n) is 3.80. The molecule has 0 spiro atoms. The van der Waals surface area contributed by atoms with Crippen LogP contribution in [0.15, 0.2) is 18.2 Å². The van der Waals surface area contributed by atoms with Gasteiger partial charge in [-0.05, 0) is 43.0 Å². The lowest BCUT2D eigenvalue weighted by atomic mass is 10.1. The molecule has 1 aromatic carbocycles. The minimum Gasteiger partial charge on any atom is -0.384 e. The van der Waals surface area contributed by atoms with Crippen LogP contribution < -0.4 is 5.32 Å². The standard InChI is InChI=1S/C14H16N4/c1-18-14(16-13(17-18)9-2-3-9)11-4-5-12-10(8-11)6-7-15-12/h4-5,8-9,15H,2-3,6-7H2,1H3. The average Bonchev–Trinajstić information content (AvgIpc) is 2.99. The highest BCUT2D eigenvalue weighted by atomic mass is 15.3. The van der Waals surface area contributed by atoms with Gasteiger partial charge in [0.05, 0.1) is 0 Å². The molecule has 18 heavy (non-hydrogen) atoms. The molecule has 0 saturated heterocycles. The largest absolute Gasteiger partial charge is 0.384 e. The van der Waals surface area contributed by atoms with Crippen LogP contribution in [0.4, 0.5) is 5.69 Å². The molecule has 0 bridgehead atoms. The second kappa shape index (κ2) is 3.57. The van der Waals surface area contributed by atoms with Crippen molar-refractivity contribution in [3.05, 3.63) is 29.6 Å². The van der Waals surface area contributed by atoms with E-state index in [2.05, 4.69) is 28.6 Å². The van der Waals surface area contributed by atoms with Gasteiger partial charge in [0.15, 0.2) is 11.6 Å². The van der Waals surface area contributed by atoms with Crippen molar-refractivity contribution in [1.82, 2.24) is 14.8 Å². The lowest BCUT2D eigenvalue weighted by Crippen LogP contribution is -1.95. The Kier molecular flexibility index (Phi) is 2.01. The maximum atomic E-state index is 4.70. The van der Waals surface area contributed by atoms with E-state index in [9.17, 15) is 0 Å². The number of benzene rings is 1. The highest BCUT2D eigenvalue weighted by Gasteiger charge is 2.28. The van der Waals surface area contributed by atoms with E-state index in [0.717, 1.165) is 24.6 Å². The predicted octanol–water partition coefficient (Wildman–Crippen LogP) is 2.33. The summed E-state index contributed by atoms with van der Waals surface area (Å²) < 4.78 is 1.91. The van der Waals surface area contributed by atoms with E-state index in [4.69, 9.17) is 4.98 Å². The van der Waals surface area contributed by atoms with Crippen molar-refractivity contribution in [1.29, 1.82) is 0 Å². The van der Waals surface area contributed by atoms with Crippen LogP contribution in [0, 0.1) is 0 Å². The first-order valence-corrected chi connectivity index (χ1v) is 6.59. The number of nitrogens with zero attached hydrogens (tertiary/aromatic N) is 3. The monoisotopic (exact) mass is 240 g/mol. The zero-order valence-corrected chi connectivity index (χ0v) is 10.5. The Labute approximate surface area is 106 Å². The average molecular weight is 240 g/mol. The highest BCUT2D eigenvalue weighted by molar-refractivity contribution is 5.66. The molecular weight excluding hydrogens is 224 g/mol. The minimum absolute atomic E-state index is 0.612. The highest BCUT2D eigenvalue weighted by Crippen LogP contribution is 2.39. The zero-order chi connectivity index (χ0) is 12.1. The van der Waals surface area contributed by atoms with Gasteiger partial charge >= 0.3 is 0 Å². The van der Waals surface area contributed by atoms with Gasteiger partial charge in [-0.25, -0.2) is 9.67 Å². The molecule has 92 valence electrons. The molecule has 1 aliphatic heterocycles. The zero-order valence-electron chi connectivity index (χ0n) is 10.5. The molecule has 4 heteroatoms. The maximum Gasteiger partial charge on any atom is 0.158 e. The number of hydrogen-bond acceptors (Lipinski definition) is 3. The first-order valence-electron chi connectivity index (χ1n) is 6.59. The molecule has 0 amide bonds. The normalized spacial score (nSPS) is 17.6. The van der Waals surface area contributed by atoms with Gasteiger partial charge in [0.1, 0.15) is 0 Å². The smallest absolute Gasteiger partial charge is 0.158 e. The van der Waals surface area contributed by atoms with Gasteiger partial charge in [0, 0.05) is 30.8 Å². The van der Waals surface area contributed by atoms with E-state index in [1.165, 1.54) is 29.7 Å². The van der Waals surface area contributed by atoms with E-state index >= 15 is 0 Å². The summed E-state index contributed by atoms with van der Waals surface area (Å²) in [6.07, 6.45) is 3.60. The topological polar surface area (TPSA) is 42.7 Å². The fourth-order valence-corrected chi connectivity index (χ4v) is 2.61. The molecule has 0 radical (unpaired) electrons. The molecule has 4 rings (SSSR count). The van der Waals surface area contributed by atoms with E-state index < -0.39 is 0 Å². The summed E-state index contributed by atoms with van der Waals surface area (Å²) in [6, 6.07) is 6.54. The quantitative estimate of drug-likeness (QED) is 0.876. The van der Waals surface area contributed by atoms with Gasteiger partial charge in [0.25, 0.3) is 0 Å². The van der Waals surface area contributed by atoms with Gasteiger partial charge in [0.2, 0.25) is 0 Å². The summed E-state index contributed by atoms with van der Waals surface area (Å²) in [7, 11) is 1.99. The van der Waals surface area contributed by atoms with Gasteiger partial charge in [-0.15, -0.1) is 0 Å². The first kappa shape index (κ1) is 10.1. The van der Waals surface area contributed by atoms with Crippen LogP contribution in [0.1, 0.15) is 30.1 Å². The molecule has 1 N–H and O–H groups in total. The molecule has 1 aliphatic carbocycles. The van der Waals surface area contributed by atoms with Gasteiger partial charge in [-0.2, -0.15) is 5.10 Å². The molecule has 2 aromatic rings. The van der Waals surface area contributed by atoms with Gasteiger partial charge in [-0.3, -0.25) is 0 Å². The number of fused-ring (bicyclic) bond motifs is 1. The fraction of sp³-hybridized carbons (Fsp3) is 0.429. The lowest BCUT2D eigenvalue weighted by molar-refractivity contribution is 0.750. The van der Waals surface area contributed by atoms with Crippen molar-refractivity contribution in [3.63, 3.8) is 0 Å². The van der Waals surface area contributed by atoms with Crippen molar-refractivity contribution in [2.75, 3.05) is 11.9 Å². The number of aryl methyl sites for hydroxylation is 1. The van der Waals surface area contributed by atoms with Crippen LogP contribution in [0.25, 0.3) is 11.4 Å². The van der Waals surface area contributed by atoms with Crippen LogP contribution in [-0.2, 0) is 13.5 Å². The van der Waals surface area contributed by atoms with Crippen molar-refractivity contribution in [2.45, 2.75) is 25.2 Å². The number of hydrogen-bond donors (Lipinski definition) is 1. The fourth-order valence-electron chi connectivity index (χ4n) is 2.61. The van der Waals surface area contributed by atoms with E-state index in [0.29, 0.717) is 5.92 Å². The second-order valence-corrected chi connectivity index (χ2v) is 5.24. The molecule has 0 unspecified atom stereocenters. The summed E-state index contributed by atoms with van der Waals surface area (Å²) in [5.74, 6) is 2.62. The minimum atomic E-state index is 0.612. The Morgan fingerprint density at radius 1 is 1.33 bits per heavy atom. The Balaban J connectivity index is 1.77. The molecule has 1 saturated carbocycles. The number of nitrogens with one attached hydrogen (secondary N) is 1. The molecule has 1 fully saturated rings. The third kappa shape index (κ3) is 1.52. The lowest BCUT2D eigenvalue weighted by Gasteiger charge is -2.03. The third-order valence-corrected chi connectivity index (χ3v) is 3.80. The molecule has 2 heterocycles. The molecular formula is C14H16N4. The first-order chi connectivity index (χ1) is 8.81. The van der Waals surface area contributed by atoms with Crippen molar-refractivity contribution in [3.8, 4) is 11.4 Å². The van der Waals surface area contributed by atoms with Crippen LogP contribution >= 0.6 is 0 Å². The van der Waals surface area contributed by atoms with Crippen molar-refractivity contribution < 1.29 is 0 Å². The van der Waals surface area contributed by atoms with Crippen LogP contribution in [0.3, 0.4) is 0 Å². The summed E-state index contributed by atoms with van der Waals surface area (Å²) >= 11 is 0. The second-order valence-electron chi connectivity index (χ2n) is 5.24. The Morgan fingerprint density at radius 2 is 2.22 bits per heavy atom. The SMILES string of the molecule is Cn1nc(C2CC2)nc1-c1ccc2c(c1)CCN2. The summed E-state index contributed by atoms with van der Waals surface area (Å²) in [5, 5.41) is 7.92. The summed E-state index contributed by atoms with van der Waals surface area (Å²) in [5.41, 5.74) is 3.84. The van der Waals surface area contributed by atoms with Crippen LogP contribution in [-0.4, -0.2) is 21.3 Å². The Hall–Kier alpha value is -1.84. The Morgan fingerprint density at radius 3 is 3.06 bits per heavy atom. The Bertz CT molecular complexity index is 610. The van der Waals surface area contributed by atoms with Gasteiger partial charge in [-0.1, -0.05) is 0 Å². The maximum absolute atomic E-state index is 4.70. The van der Waals surface area contributed by atoms with E-state index in [1.807, 2.05) is 11.7 Å². The van der Waals surface area contributed by atoms with Crippen LogP contribution in [0.2, 0.25) is 0 Å². The van der Waals surface area contributed by atoms with Crippen LogP contribution in [0.5, 0.6) is 0 Å². The molecule has 4 nitrogen and oxygen atoms in total. The number of anilines is 1. The molecule has 2 aliphatic rings. The van der Waals surface area contributed by atoms with E-state index in [1.54, 1.807) is 0 Å². The molecule has 0 atom stereocenters. The van der Waals surface area contributed by atoms with Crippen molar-refractivity contribution >= 4 is 5.69 Å². The van der Waals surface area contributed by atoms with Crippen molar-refractivity contribution in [2.24, 2.45) is 7.05 Å². The van der Waals surface area contributed by atoms with Gasteiger partial charge < -0.3 is 5.32 Å². The predicted molar refractivity (Wildman–Crippen MR) is 70.6 cm³/mol. The number of aromatic nitrogens is 3. The number of rotatable bonds is 2. The summed E-state index contributed by atoms with van der Waals surface area (Å²) in [6.45, 7) is 1.05. The van der Waals surface area contributed by atoms with E-state index in [-0.39, 0.29) is 0 Å².